The Morgan fingerprint density at radius 3 is 2.85 bits per heavy atom. The van der Waals surface area contributed by atoms with E-state index < -0.39 is 6.10 Å². The van der Waals surface area contributed by atoms with Crippen LogP contribution in [0.5, 0.6) is 0 Å². The van der Waals surface area contributed by atoms with Gasteiger partial charge in [-0.1, -0.05) is 63.1 Å². The van der Waals surface area contributed by atoms with Gasteiger partial charge in [-0.15, -0.1) is 0 Å². The second-order valence-corrected chi connectivity index (χ2v) is 7.92. The minimum absolute atomic E-state index is 0.00423. The fourth-order valence-electron chi connectivity index (χ4n) is 4.16. The van der Waals surface area contributed by atoms with Crippen molar-refractivity contribution < 1.29 is 9.90 Å². The lowest BCUT2D eigenvalue weighted by Crippen LogP contribution is -2.30. The van der Waals surface area contributed by atoms with Gasteiger partial charge in [0.15, 0.2) is 0 Å². The molecular weight excluding hydrogens is 334 g/mol. The lowest BCUT2D eigenvalue weighted by molar-refractivity contribution is -0.126. The number of aliphatic hydroxyl groups excluding tert-OH is 1. The van der Waals surface area contributed by atoms with E-state index in [1.54, 1.807) is 0 Å². The Kier molecular flexibility index (Phi) is 8.93. The highest BCUT2D eigenvalue weighted by molar-refractivity contribution is 5.88. The number of hydrogen-bond acceptors (Lipinski definition) is 3. The first kappa shape index (κ1) is 21.6. The van der Waals surface area contributed by atoms with E-state index in [-0.39, 0.29) is 17.8 Å². The highest BCUT2D eigenvalue weighted by Gasteiger charge is 2.32. The van der Waals surface area contributed by atoms with Crippen molar-refractivity contribution in [1.82, 2.24) is 0 Å². The zero-order chi connectivity index (χ0) is 19.6. The number of Topliss-reactive ketones (excluding diaryl/α,β-unsaturated/α-hetero) is 1. The number of benzene rings is 1. The third-order valence-corrected chi connectivity index (χ3v) is 5.85. The number of nitrogens with one attached hydrogen (secondary N) is 1. The van der Waals surface area contributed by atoms with Crippen LogP contribution in [0.4, 0.5) is 0 Å². The Bertz CT molecular complexity index is 637. The van der Waals surface area contributed by atoms with Crippen LogP contribution < -0.4 is 0 Å². The second kappa shape index (κ2) is 11.2. The molecule has 27 heavy (non-hydrogen) atoms. The molecule has 0 saturated carbocycles. The summed E-state index contributed by atoms with van der Waals surface area (Å²) in [5.74, 6) is 0.242. The van der Waals surface area contributed by atoms with E-state index in [0.29, 0.717) is 18.6 Å². The molecule has 0 bridgehead atoms. The number of carbonyl (C=O) groups excluding carboxylic acids is 1. The third-order valence-electron chi connectivity index (χ3n) is 5.85. The zero-order valence-corrected chi connectivity index (χ0v) is 16.9. The number of ketones is 1. The molecule has 0 spiro atoms. The summed E-state index contributed by atoms with van der Waals surface area (Å²) < 4.78 is 0. The SMILES string of the molecule is CCCCC1C(=O)C(CC(O)C(C)/C=C\CC=N)CCCc2ccccc21. The highest BCUT2D eigenvalue weighted by Crippen LogP contribution is 2.35. The molecule has 1 aliphatic rings. The van der Waals surface area contributed by atoms with Gasteiger partial charge in [0.2, 0.25) is 0 Å². The smallest absolute Gasteiger partial charge is 0.143 e. The zero-order valence-electron chi connectivity index (χ0n) is 16.9. The van der Waals surface area contributed by atoms with E-state index >= 15 is 0 Å². The number of aliphatic hydroxyl groups is 1. The summed E-state index contributed by atoms with van der Waals surface area (Å²) in [6.45, 7) is 4.16. The summed E-state index contributed by atoms with van der Waals surface area (Å²) in [5, 5.41) is 17.7. The van der Waals surface area contributed by atoms with Gasteiger partial charge in [0.25, 0.3) is 0 Å². The molecule has 3 nitrogen and oxygen atoms in total. The molecule has 0 heterocycles. The summed E-state index contributed by atoms with van der Waals surface area (Å²) in [4.78, 5) is 13.4. The summed E-state index contributed by atoms with van der Waals surface area (Å²) in [7, 11) is 0. The van der Waals surface area contributed by atoms with Gasteiger partial charge in [-0.3, -0.25) is 4.79 Å². The highest BCUT2D eigenvalue weighted by atomic mass is 16.3. The number of allylic oxidation sites excluding steroid dienone is 1. The van der Waals surface area contributed by atoms with E-state index in [4.69, 9.17) is 5.41 Å². The fourth-order valence-corrected chi connectivity index (χ4v) is 4.16. The van der Waals surface area contributed by atoms with Crippen LogP contribution in [0.15, 0.2) is 36.4 Å². The predicted molar refractivity (Wildman–Crippen MR) is 112 cm³/mol. The van der Waals surface area contributed by atoms with Crippen molar-refractivity contribution in [2.45, 2.75) is 77.2 Å². The molecule has 0 radical (unpaired) electrons. The van der Waals surface area contributed by atoms with Crippen LogP contribution in [0, 0.1) is 17.2 Å². The van der Waals surface area contributed by atoms with Crippen LogP contribution in [-0.2, 0) is 11.2 Å². The maximum absolute atomic E-state index is 13.4. The molecule has 3 heteroatoms. The van der Waals surface area contributed by atoms with Gasteiger partial charge in [0.05, 0.1) is 6.10 Å². The number of carbonyl (C=O) groups is 1. The Hall–Kier alpha value is -1.74. The molecule has 1 aromatic rings. The lowest BCUT2D eigenvalue weighted by atomic mass is 9.75. The van der Waals surface area contributed by atoms with E-state index in [1.165, 1.54) is 17.3 Å². The molecule has 0 fully saturated rings. The first-order valence-corrected chi connectivity index (χ1v) is 10.5. The van der Waals surface area contributed by atoms with E-state index in [0.717, 1.165) is 38.5 Å². The Morgan fingerprint density at radius 1 is 1.33 bits per heavy atom. The Balaban J connectivity index is 2.15. The average molecular weight is 370 g/mol. The minimum Gasteiger partial charge on any atom is -0.393 e. The van der Waals surface area contributed by atoms with Crippen molar-refractivity contribution in [3.63, 3.8) is 0 Å². The third kappa shape index (κ3) is 6.14. The standard InChI is InChI=1S/C24H35NO2/c1-3-4-14-22-21-15-6-5-11-19(21)12-9-13-20(24(22)27)17-23(26)18(2)10-7-8-16-25/h5-7,10-11,15-16,18,20,22-23,25-26H,3-4,8-9,12-14,17H2,1-2H3/b10-7-,25-16?. The maximum atomic E-state index is 13.4. The van der Waals surface area contributed by atoms with E-state index in [9.17, 15) is 9.90 Å². The van der Waals surface area contributed by atoms with Gasteiger partial charge in [-0.25, -0.2) is 0 Å². The van der Waals surface area contributed by atoms with Crippen molar-refractivity contribution in [1.29, 1.82) is 5.41 Å². The summed E-state index contributed by atoms with van der Waals surface area (Å²) >= 11 is 0. The monoisotopic (exact) mass is 369 g/mol. The maximum Gasteiger partial charge on any atom is 0.143 e. The summed E-state index contributed by atoms with van der Waals surface area (Å²) in [6.07, 6.45) is 11.8. The number of aryl methyl sites for hydroxylation is 1. The van der Waals surface area contributed by atoms with Gasteiger partial charge in [-0.2, -0.15) is 0 Å². The quantitative estimate of drug-likeness (QED) is 0.448. The lowest BCUT2D eigenvalue weighted by Gasteiger charge is -2.29. The normalized spacial score (nSPS) is 22.7. The Morgan fingerprint density at radius 2 is 2.11 bits per heavy atom. The van der Waals surface area contributed by atoms with Crippen molar-refractivity contribution in [3.8, 4) is 0 Å². The Labute approximate surface area is 164 Å². The van der Waals surface area contributed by atoms with Gasteiger partial charge in [-0.05, 0) is 61.8 Å². The van der Waals surface area contributed by atoms with Crippen molar-refractivity contribution in [3.05, 3.63) is 47.5 Å². The van der Waals surface area contributed by atoms with Gasteiger partial charge < -0.3 is 10.5 Å². The molecule has 1 aliphatic carbocycles. The molecular formula is C24H35NO2. The molecule has 1 aromatic carbocycles. The van der Waals surface area contributed by atoms with Crippen molar-refractivity contribution in [2.24, 2.45) is 11.8 Å². The van der Waals surface area contributed by atoms with Gasteiger partial charge >= 0.3 is 0 Å². The number of unbranched alkanes of at least 4 members (excludes halogenated alkanes) is 1. The molecule has 0 amide bonds. The summed E-state index contributed by atoms with van der Waals surface area (Å²) in [5.41, 5.74) is 2.54. The molecule has 2 N–H and O–H groups in total. The number of hydrogen-bond donors (Lipinski definition) is 2. The van der Waals surface area contributed by atoms with Crippen molar-refractivity contribution >= 4 is 12.0 Å². The number of rotatable bonds is 9. The minimum atomic E-state index is -0.512. The molecule has 0 aromatic heterocycles. The topological polar surface area (TPSA) is 61.1 Å². The first-order chi connectivity index (χ1) is 13.1. The van der Waals surface area contributed by atoms with E-state index in [2.05, 4.69) is 25.1 Å². The average Bonchev–Trinajstić information content (AvgIpc) is 2.67. The molecule has 0 saturated heterocycles. The van der Waals surface area contributed by atoms with Crippen molar-refractivity contribution in [2.75, 3.05) is 0 Å². The molecule has 4 atom stereocenters. The first-order valence-electron chi connectivity index (χ1n) is 10.5. The largest absolute Gasteiger partial charge is 0.393 e. The van der Waals surface area contributed by atoms with Gasteiger partial charge in [0, 0.05) is 11.8 Å². The second-order valence-electron chi connectivity index (χ2n) is 7.92. The van der Waals surface area contributed by atoms with Crippen LogP contribution in [0.1, 0.15) is 75.8 Å². The van der Waals surface area contributed by atoms with Gasteiger partial charge in [0.1, 0.15) is 5.78 Å². The predicted octanol–water partition coefficient (Wildman–Crippen LogP) is 5.46. The van der Waals surface area contributed by atoms with Crippen LogP contribution in [0.3, 0.4) is 0 Å². The van der Waals surface area contributed by atoms with Crippen LogP contribution in [-0.4, -0.2) is 23.2 Å². The van der Waals surface area contributed by atoms with Crippen LogP contribution >= 0.6 is 0 Å². The van der Waals surface area contributed by atoms with E-state index in [1.807, 2.05) is 25.1 Å². The molecule has 4 unspecified atom stereocenters. The van der Waals surface area contributed by atoms with Crippen LogP contribution in [0.25, 0.3) is 0 Å². The molecule has 0 aliphatic heterocycles. The molecule has 2 rings (SSSR count). The summed E-state index contributed by atoms with van der Waals surface area (Å²) in [6, 6.07) is 8.43. The molecule has 148 valence electrons. The van der Waals surface area contributed by atoms with Crippen LogP contribution in [0.2, 0.25) is 0 Å². The fraction of sp³-hybridized carbons (Fsp3) is 0.583. The number of fused-ring (bicyclic) bond motifs is 1.